The highest BCUT2D eigenvalue weighted by atomic mass is 19.1. The molecule has 0 unspecified atom stereocenters. The summed E-state index contributed by atoms with van der Waals surface area (Å²) >= 11 is 0. The third-order valence-corrected chi connectivity index (χ3v) is 3.40. The molecule has 3 nitrogen and oxygen atoms in total. The first kappa shape index (κ1) is 13.2. The largest absolute Gasteiger partial charge is 0.360 e. The lowest BCUT2D eigenvalue weighted by molar-refractivity contribution is 0.103. The molecule has 0 aliphatic carbocycles. The number of H-pyrrole nitrogens is 1. The minimum absolute atomic E-state index is 0.0537. The first-order chi connectivity index (χ1) is 10.1. The van der Waals surface area contributed by atoms with Crippen LogP contribution in [0.25, 0.3) is 10.9 Å². The van der Waals surface area contributed by atoms with E-state index in [9.17, 15) is 14.0 Å². The molecule has 0 amide bonds. The number of carbonyl (C=O) groups is 1. The van der Waals surface area contributed by atoms with Crippen molar-refractivity contribution in [1.82, 2.24) is 4.98 Å². The molecule has 1 heterocycles. The molecule has 0 aliphatic heterocycles. The Morgan fingerprint density at radius 1 is 1.10 bits per heavy atom. The van der Waals surface area contributed by atoms with E-state index in [1.54, 1.807) is 12.1 Å². The minimum atomic E-state index is -0.434. The average Bonchev–Trinajstić information content (AvgIpc) is 2.47. The van der Waals surface area contributed by atoms with Crippen molar-refractivity contribution >= 4 is 16.7 Å². The van der Waals surface area contributed by atoms with Crippen LogP contribution in [0.3, 0.4) is 0 Å². The van der Waals surface area contributed by atoms with Crippen molar-refractivity contribution in [2.24, 2.45) is 0 Å². The van der Waals surface area contributed by atoms with Crippen LogP contribution >= 0.6 is 0 Å². The predicted octanol–water partition coefficient (Wildman–Crippen LogP) is 3.21. The topological polar surface area (TPSA) is 49.9 Å². The van der Waals surface area contributed by atoms with Crippen LogP contribution in [0.4, 0.5) is 4.39 Å². The number of halogens is 1. The van der Waals surface area contributed by atoms with Gasteiger partial charge in [-0.1, -0.05) is 29.8 Å². The van der Waals surface area contributed by atoms with Gasteiger partial charge < -0.3 is 4.98 Å². The molecule has 3 rings (SSSR count). The van der Waals surface area contributed by atoms with Gasteiger partial charge in [-0.3, -0.25) is 9.59 Å². The summed E-state index contributed by atoms with van der Waals surface area (Å²) in [6.45, 7) is 1.92. The van der Waals surface area contributed by atoms with Gasteiger partial charge in [0.05, 0.1) is 11.1 Å². The number of rotatable bonds is 2. The third kappa shape index (κ3) is 2.36. The fraction of sp³-hybridized carbons (Fsp3) is 0.0588. The maximum atomic E-state index is 13.1. The van der Waals surface area contributed by atoms with Gasteiger partial charge in [-0.25, -0.2) is 4.39 Å². The van der Waals surface area contributed by atoms with Gasteiger partial charge in [0.15, 0.2) is 5.78 Å². The molecule has 1 aromatic heterocycles. The zero-order valence-electron chi connectivity index (χ0n) is 11.3. The second kappa shape index (κ2) is 4.98. The molecule has 0 spiro atoms. The van der Waals surface area contributed by atoms with Gasteiger partial charge in [0, 0.05) is 17.1 Å². The van der Waals surface area contributed by atoms with E-state index in [-0.39, 0.29) is 11.3 Å². The van der Waals surface area contributed by atoms with E-state index in [2.05, 4.69) is 4.98 Å². The van der Waals surface area contributed by atoms with Crippen LogP contribution in [0, 0.1) is 12.7 Å². The number of hydrogen-bond acceptors (Lipinski definition) is 2. The molecule has 0 saturated heterocycles. The smallest absolute Gasteiger partial charge is 0.200 e. The summed E-state index contributed by atoms with van der Waals surface area (Å²) in [6, 6.07) is 10.8. The van der Waals surface area contributed by atoms with Crippen LogP contribution in [0.1, 0.15) is 21.5 Å². The molecule has 0 bridgehead atoms. The lowest BCUT2D eigenvalue weighted by Crippen LogP contribution is -2.16. The lowest BCUT2D eigenvalue weighted by Gasteiger charge is -2.04. The number of benzene rings is 2. The molecule has 0 fully saturated rings. The normalized spacial score (nSPS) is 10.8. The highest BCUT2D eigenvalue weighted by Crippen LogP contribution is 2.13. The second-order valence-corrected chi connectivity index (χ2v) is 4.92. The molecule has 4 heteroatoms. The lowest BCUT2D eigenvalue weighted by atomic mass is 10.0. The number of aryl methyl sites for hydroxylation is 1. The fourth-order valence-corrected chi connectivity index (χ4v) is 2.22. The summed E-state index contributed by atoms with van der Waals surface area (Å²) in [4.78, 5) is 27.6. The van der Waals surface area contributed by atoms with Crippen molar-refractivity contribution in [3.63, 3.8) is 0 Å². The maximum absolute atomic E-state index is 13.1. The first-order valence-corrected chi connectivity index (χ1v) is 6.48. The predicted molar refractivity (Wildman–Crippen MR) is 79.1 cm³/mol. The van der Waals surface area contributed by atoms with Crippen molar-refractivity contribution in [1.29, 1.82) is 0 Å². The Kier molecular flexibility index (Phi) is 3.14. The molecular formula is C17H12FNO2. The number of ketones is 1. The zero-order chi connectivity index (χ0) is 15.0. The number of fused-ring (bicyclic) bond motifs is 1. The third-order valence-electron chi connectivity index (χ3n) is 3.40. The summed E-state index contributed by atoms with van der Waals surface area (Å²) in [5.41, 5.74) is 1.52. The number of carbonyl (C=O) groups excluding carboxylic acids is 1. The van der Waals surface area contributed by atoms with Crippen LogP contribution in [-0.2, 0) is 0 Å². The molecule has 3 aromatic rings. The van der Waals surface area contributed by atoms with E-state index < -0.39 is 11.2 Å². The van der Waals surface area contributed by atoms with Crippen LogP contribution in [-0.4, -0.2) is 10.8 Å². The van der Waals surface area contributed by atoms with E-state index in [1.807, 2.05) is 19.1 Å². The van der Waals surface area contributed by atoms with Crippen molar-refractivity contribution in [3.05, 3.63) is 81.4 Å². The van der Waals surface area contributed by atoms with Crippen molar-refractivity contribution in [3.8, 4) is 0 Å². The van der Waals surface area contributed by atoms with Crippen LogP contribution in [0.5, 0.6) is 0 Å². The quantitative estimate of drug-likeness (QED) is 0.733. The Labute approximate surface area is 120 Å². The average molecular weight is 281 g/mol. The minimum Gasteiger partial charge on any atom is -0.360 e. The monoisotopic (exact) mass is 281 g/mol. The Morgan fingerprint density at radius 2 is 1.81 bits per heavy atom. The summed E-state index contributed by atoms with van der Waals surface area (Å²) in [7, 11) is 0. The second-order valence-electron chi connectivity index (χ2n) is 4.92. The zero-order valence-corrected chi connectivity index (χ0v) is 11.3. The van der Waals surface area contributed by atoms with Crippen LogP contribution in [0.15, 0.2) is 53.5 Å². The molecule has 21 heavy (non-hydrogen) atoms. The maximum Gasteiger partial charge on any atom is 0.200 e. The number of aromatic amines is 1. The molecular weight excluding hydrogens is 269 g/mol. The van der Waals surface area contributed by atoms with Crippen molar-refractivity contribution in [2.45, 2.75) is 6.92 Å². The van der Waals surface area contributed by atoms with Crippen molar-refractivity contribution < 1.29 is 9.18 Å². The van der Waals surface area contributed by atoms with Gasteiger partial charge in [-0.05, 0) is 25.1 Å². The van der Waals surface area contributed by atoms with E-state index in [0.29, 0.717) is 16.5 Å². The number of pyridine rings is 1. The molecule has 0 atom stereocenters. The van der Waals surface area contributed by atoms with Gasteiger partial charge in [0.25, 0.3) is 0 Å². The number of hydrogen-bond donors (Lipinski definition) is 1. The number of nitrogens with one attached hydrogen (secondary N) is 1. The van der Waals surface area contributed by atoms with E-state index in [0.717, 1.165) is 5.56 Å². The summed E-state index contributed by atoms with van der Waals surface area (Å²) in [5.74, 6) is -0.779. The standard InChI is InChI=1S/C17H12FNO2/c1-10-2-4-11(5-3-10)16(20)14-9-19-15-8-12(18)6-7-13(15)17(14)21/h2-9H,1H3,(H,19,21). The van der Waals surface area contributed by atoms with Gasteiger partial charge in [0.2, 0.25) is 5.43 Å². The summed E-state index contributed by atoms with van der Waals surface area (Å²) in [5, 5.41) is 0.300. The molecule has 2 aromatic carbocycles. The van der Waals surface area contributed by atoms with Gasteiger partial charge in [-0.15, -0.1) is 0 Å². The highest BCUT2D eigenvalue weighted by molar-refractivity contribution is 6.10. The molecule has 0 saturated carbocycles. The molecule has 104 valence electrons. The Morgan fingerprint density at radius 3 is 2.52 bits per heavy atom. The van der Waals surface area contributed by atoms with Crippen molar-refractivity contribution in [2.75, 3.05) is 0 Å². The van der Waals surface area contributed by atoms with E-state index in [1.165, 1.54) is 24.4 Å². The molecule has 0 aliphatic rings. The highest BCUT2D eigenvalue weighted by Gasteiger charge is 2.15. The Balaban J connectivity index is 2.14. The SMILES string of the molecule is Cc1ccc(C(=O)c2c[nH]c3cc(F)ccc3c2=O)cc1. The fourth-order valence-electron chi connectivity index (χ4n) is 2.22. The van der Waals surface area contributed by atoms with E-state index in [4.69, 9.17) is 0 Å². The van der Waals surface area contributed by atoms with Crippen LogP contribution < -0.4 is 5.43 Å². The van der Waals surface area contributed by atoms with E-state index >= 15 is 0 Å². The first-order valence-electron chi connectivity index (χ1n) is 6.48. The molecule has 0 radical (unpaired) electrons. The van der Waals surface area contributed by atoms with Gasteiger partial charge in [-0.2, -0.15) is 0 Å². The number of aromatic nitrogens is 1. The van der Waals surface area contributed by atoms with Gasteiger partial charge in [0.1, 0.15) is 5.82 Å². The Bertz CT molecular complexity index is 895. The van der Waals surface area contributed by atoms with Gasteiger partial charge >= 0.3 is 0 Å². The summed E-state index contributed by atoms with van der Waals surface area (Å²) in [6.07, 6.45) is 1.34. The van der Waals surface area contributed by atoms with Crippen LogP contribution in [0.2, 0.25) is 0 Å². The Hall–Kier alpha value is -2.75. The summed E-state index contributed by atoms with van der Waals surface area (Å²) < 4.78 is 13.1. The molecule has 1 N–H and O–H groups in total.